The molecule has 2 N–H and O–H groups in total. The molecule has 1 aromatic carbocycles. The highest BCUT2D eigenvalue weighted by Gasteiger charge is 2.15. The zero-order valence-electron chi connectivity index (χ0n) is 10.8. The minimum absolute atomic E-state index is 0.214. The number of aliphatic hydroxyl groups excluding tert-OH is 1. The highest BCUT2D eigenvalue weighted by Crippen LogP contribution is 2.17. The number of β-amino-alcohol motifs (C(OH)–C–C–N with tert-alkyl or cyclic N) is 1. The minimum atomic E-state index is -0.411. The van der Waals surface area contributed by atoms with Gasteiger partial charge >= 0.3 is 0 Å². The van der Waals surface area contributed by atoms with Crippen LogP contribution in [0.4, 0.5) is 10.1 Å². The Morgan fingerprint density at radius 3 is 2.83 bits per heavy atom. The third-order valence-electron chi connectivity index (χ3n) is 3.46. The Balaban J connectivity index is 1.81. The normalized spacial score (nSPS) is 17.9. The maximum atomic E-state index is 13.3. The van der Waals surface area contributed by atoms with Crippen LogP contribution in [0.5, 0.6) is 0 Å². The number of rotatable bonds is 5. The van der Waals surface area contributed by atoms with E-state index >= 15 is 0 Å². The topological polar surface area (TPSA) is 35.5 Å². The predicted octanol–water partition coefficient (Wildman–Crippen LogP) is 2.00. The molecule has 18 heavy (non-hydrogen) atoms. The van der Waals surface area contributed by atoms with Gasteiger partial charge in [-0.1, -0.05) is 6.07 Å². The van der Waals surface area contributed by atoms with E-state index in [-0.39, 0.29) is 5.82 Å². The van der Waals surface area contributed by atoms with Gasteiger partial charge in [0.05, 0.1) is 6.10 Å². The summed E-state index contributed by atoms with van der Waals surface area (Å²) in [5.41, 5.74) is 1.36. The van der Waals surface area contributed by atoms with Crippen LogP contribution in [0.3, 0.4) is 0 Å². The molecule has 0 amide bonds. The summed E-state index contributed by atoms with van der Waals surface area (Å²) in [5.74, 6) is -0.214. The van der Waals surface area contributed by atoms with Gasteiger partial charge in [-0.2, -0.15) is 0 Å². The number of likely N-dealkylation sites (tertiary alicyclic amines) is 1. The van der Waals surface area contributed by atoms with Gasteiger partial charge in [-0.15, -0.1) is 0 Å². The molecule has 1 aliphatic rings. The molecular weight excluding hydrogens is 231 g/mol. The first-order chi connectivity index (χ1) is 8.66. The molecule has 3 nitrogen and oxygen atoms in total. The van der Waals surface area contributed by atoms with Gasteiger partial charge in [0, 0.05) is 24.3 Å². The van der Waals surface area contributed by atoms with Crippen molar-refractivity contribution in [2.75, 3.05) is 31.5 Å². The number of hydrogen-bond donors (Lipinski definition) is 2. The zero-order chi connectivity index (χ0) is 13.0. The maximum Gasteiger partial charge on any atom is 0.128 e. The molecule has 100 valence electrons. The molecule has 0 spiro atoms. The van der Waals surface area contributed by atoms with Crippen LogP contribution in [0.2, 0.25) is 0 Å². The number of hydrogen-bond acceptors (Lipinski definition) is 3. The Kier molecular flexibility index (Phi) is 4.55. The average molecular weight is 252 g/mol. The lowest BCUT2D eigenvalue weighted by molar-refractivity contribution is 0.135. The Bertz CT molecular complexity index is 391. The Morgan fingerprint density at radius 2 is 2.11 bits per heavy atom. The van der Waals surface area contributed by atoms with Crippen molar-refractivity contribution in [3.05, 3.63) is 29.6 Å². The van der Waals surface area contributed by atoms with E-state index in [1.54, 1.807) is 13.0 Å². The Hall–Kier alpha value is -1.13. The van der Waals surface area contributed by atoms with Gasteiger partial charge < -0.3 is 15.3 Å². The minimum Gasteiger partial charge on any atom is -0.390 e. The van der Waals surface area contributed by atoms with E-state index in [1.807, 2.05) is 6.07 Å². The van der Waals surface area contributed by atoms with Crippen LogP contribution in [0.25, 0.3) is 0 Å². The third kappa shape index (κ3) is 3.43. The van der Waals surface area contributed by atoms with Gasteiger partial charge in [-0.05, 0) is 45.0 Å². The summed E-state index contributed by atoms with van der Waals surface area (Å²) in [6, 6.07) is 4.96. The summed E-state index contributed by atoms with van der Waals surface area (Å²) in [6.45, 7) is 5.05. The molecule has 0 aromatic heterocycles. The number of halogens is 1. The van der Waals surface area contributed by atoms with E-state index in [4.69, 9.17) is 0 Å². The number of aliphatic hydroxyl groups is 1. The second kappa shape index (κ2) is 6.16. The van der Waals surface area contributed by atoms with Crippen molar-refractivity contribution in [3.8, 4) is 0 Å². The van der Waals surface area contributed by atoms with E-state index in [1.165, 1.54) is 18.9 Å². The summed E-state index contributed by atoms with van der Waals surface area (Å²) >= 11 is 0. The van der Waals surface area contributed by atoms with Gasteiger partial charge in [-0.3, -0.25) is 0 Å². The maximum absolute atomic E-state index is 13.3. The van der Waals surface area contributed by atoms with E-state index in [0.29, 0.717) is 18.7 Å². The van der Waals surface area contributed by atoms with Crippen molar-refractivity contribution in [2.24, 2.45) is 0 Å². The molecule has 1 atom stereocenters. The van der Waals surface area contributed by atoms with Gasteiger partial charge in [0.2, 0.25) is 0 Å². The lowest BCUT2D eigenvalue weighted by Gasteiger charge is -2.20. The Labute approximate surface area is 108 Å². The molecule has 1 unspecified atom stereocenters. The predicted molar refractivity (Wildman–Crippen MR) is 71.3 cm³/mol. The van der Waals surface area contributed by atoms with Gasteiger partial charge in [0.15, 0.2) is 0 Å². The van der Waals surface area contributed by atoms with Crippen LogP contribution in [-0.2, 0) is 0 Å². The fraction of sp³-hybridized carbons (Fsp3) is 0.571. The average Bonchev–Trinajstić information content (AvgIpc) is 2.84. The van der Waals surface area contributed by atoms with E-state index < -0.39 is 6.10 Å². The van der Waals surface area contributed by atoms with Crippen molar-refractivity contribution in [3.63, 3.8) is 0 Å². The first-order valence-corrected chi connectivity index (χ1v) is 6.56. The standard InChI is InChI=1S/C14H21FN2O/c1-11-13(15)5-4-6-14(11)16-9-12(18)10-17-7-2-3-8-17/h4-6,12,16,18H,2-3,7-10H2,1H3. The van der Waals surface area contributed by atoms with E-state index in [9.17, 15) is 9.50 Å². The first kappa shape index (κ1) is 13.3. The van der Waals surface area contributed by atoms with Crippen LogP contribution in [0, 0.1) is 12.7 Å². The SMILES string of the molecule is Cc1c(F)cccc1NCC(O)CN1CCCC1. The van der Waals surface area contributed by atoms with E-state index in [2.05, 4.69) is 10.2 Å². The van der Waals surface area contributed by atoms with E-state index in [0.717, 1.165) is 18.8 Å². The molecule has 4 heteroatoms. The van der Waals surface area contributed by atoms with Crippen LogP contribution in [0.15, 0.2) is 18.2 Å². The molecule has 0 radical (unpaired) electrons. The van der Waals surface area contributed by atoms with Crippen LogP contribution >= 0.6 is 0 Å². The summed E-state index contributed by atoms with van der Waals surface area (Å²) in [6.07, 6.45) is 2.04. The monoisotopic (exact) mass is 252 g/mol. The molecular formula is C14H21FN2O. The number of nitrogens with one attached hydrogen (secondary N) is 1. The van der Waals surface area contributed by atoms with Crippen LogP contribution < -0.4 is 5.32 Å². The summed E-state index contributed by atoms with van der Waals surface area (Å²) < 4.78 is 13.3. The molecule has 0 bridgehead atoms. The fourth-order valence-corrected chi connectivity index (χ4v) is 2.35. The fourth-order valence-electron chi connectivity index (χ4n) is 2.35. The van der Waals surface area contributed by atoms with Gasteiger partial charge in [0.25, 0.3) is 0 Å². The number of anilines is 1. The highest BCUT2D eigenvalue weighted by molar-refractivity contribution is 5.50. The van der Waals surface area contributed by atoms with Crippen molar-refractivity contribution < 1.29 is 9.50 Å². The molecule has 1 aliphatic heterocycles. The largest absolute Gasteiger partial charge is 0.390 e. The summed E-state index contributed by atoms with van der Waals surface area (Å²) in [7, 11) is 0. The molecule has 1 aromatic rings. The lowest BCUT2D eigenvalue weighted by Crippen LogP contribution is -2.34. The zero-order valence-corrected chi connectivity index (χ0v) is 10.8. The lowest BCUT2D eigenvalue weighted by atomic mass is 10.2. The summed E-state index contributed by atoms with van der Waals surface area (Å²) in [5, 5.41) is 13.0. The van der Waals surface area contributed by atoms with Crippen molar-refractivity contribution >= 4 is 5.69 Å². The quantitative estimate of drug-likeness (QED) is 0.841. The third-order valence-corrected chi connectivity index (χ3v) is 3.46. The number of benzene rings is 1. The smallest absolute Gasteiger partial charge is 0.128 e. The highest BCUT2D eigenvalue weighted by atomic mass is 19.1. The number of nitrogens with zero attached hydrogens (tertiary/aromatic N) is 1. The molecule has 1 saturated heterocycles. The second-order valence-electron chi connectivity index (χ2n) is 4.95. The second-order valence-corrected chi connectivity index (χ2v) is 4.95. The van der Waals surface area contributed by atoms with Crippen molar-refractivity contribution in [1.82, 2.24) is 4.90 Å². The first-order valence-electron chi connectivity index (χ1n) is 6.56. The van der Waals surface area contributed by atoms with Gasteiger partial charge in [-0.25, -0.2) is 4.39 Å². The van der Waals surface area contributed by atoms with Crippen molar-refractivity contribution in [2.45, 2.75) is 25.9 Å². The van der Waals surface area contributed by atoms with Crippen molar-refractivity contribution in [1.29, 1.82) is 0 Å². The molecule has 1 fully saturated rings. The van der Waals surface area contributed by atoms with Gasteiger partial charge in [0.1, 0.15) is 5.82 Å². The van der Waals surface area contributed by atoms with Crippen LogP contribution in [0.1, 0.15) is 18.4 Å². The van der Waals surface area contributed by atoms with Crippen LogP contribution in [-0.4, -0.2) is 42.3 Å². The molecule has 1 heterocycles. The molecule has 2 rings (SSSR count). The molecule has 0 saturated carbocycles. The molecule has 0 aliphatic carbocycles. The Morgan fingerprint density at radius 1 is 1.39 bits per heavy atom. The summed E-state index contributed by atoms with van der Waals surface area (Å²) in [4.78, 5) is 2.27.